The lowest BCUT2D eigenvalue weighted by atomic mass is 9.73. The summed E-state index contributed by atoms with van der Waals surface area (Å²) >= 11 is 0. The average Bonchev–Trinajstić information content (AvgIpc) is 3.44. The van der Waals surface area contributed by atoms with Crippen molar-refractivity contribution in [1.29, 1.82) is 0 Å². The van der Waals surface area contributed by atoms with Gasteiger partial charge in [0, 0.05) is 78.2 Å². The molecular formula is C21H22N8O. The smallest absolute Gasteiger partial charge is 0.233 e. The minimum Gasteiger partial charge on any atom is -0.351 e. The molecule has 6 rings (SSSR count). The third-order valence-corrected chi connectivity index (χ3v) is 6.42. The molecule has 4 aromatic rings. The predicted molar refractivity (Wildman–Crippen MR) is 112 cm³/mol. The van der Waals surface area contributed by atoms with Crippen LogP contribution in [0.2, 0.25) is 0 Å². The molecule has 9 heteroatoms. The van der Waals surface area contributed by atoms with Crippen LogP contribution in [0.4, 0.5) is 5.95 Å². The van der Waals surface area contributed by atoms with E-state index in [1.807, 2.05) is 35.4 Å². The minimum absolute atomic E-state index is 0.0338. The van der Waals surface area contributed by atoms with Crippen molar-refractivity contribution in [1.82, 2.24) is 34.2 Å². The number of imidazole rings is 1. The number of likely N-dealkylation sites (tertiary alicyclic amines) is 1. The molecule has 0 spiro atoms. The van der Waals surface area contributed by atoms with Crippen molar-refractivity contribution in [2.75, 3.05) is 11.9 Å². The second-order valence-electron chi connectivity index (χ2n) is 8.53. The molecule has 1 aliphatic heterocycles. The normalized spacial score (nSPS) is 24.0. The molecule has 1 amide bonds. The van der Waals surface area contributed by atoms with Crippen molar-refractivity contribution in [3.05, 3.63) is 37.2 Å². The average molecular weight is 402 g/mol. The number of H-pyrrole nitrogens is 1. The number of carbonyl (C=O) groups excluding carboxylic acids is 1. The number of nitrogens with one attached hydrogen (secondary N) is 2. The number of nitrogens with zero attached hydrogens (tertiary/aromatic N) is 6. The number of hydrogen-bond donors (Lipinski definition) is 2. The van der Waals surface area contributed by atoms with E-state index in [-0.39, 0.29) is 17.5 Å². The Balaban J connectivity index is 1.20. The van der Waals surface area contributed by atoms with E-state index in [4.69, 9.17) is 0 Å². The van der Waals surface area contributed by atoms with Crippen LogP contribution < -0.4 is 5.32 Å². The Bertz CT molecular complexity index is 1270. The van der Waals surface area contributed by atoms with E-state index in [0.717, 1.165) is 48.0 Å². The van der Waals surface area contributed by atoms with Crippen LogP contribution in [0.3, 0.4) is 0 Å². The van der Waals surface area contributed by atoms with Crippen molar-refractivity contribution in [3.8, 4) is 11.1 Å². The van der Waals surface area contributed by atoms with Gasteiger partial charge in [0.25, 0.3) is 0 Å². The summed E-state index contributed by atoms with van der Waals surface area (Å²) in [7, 11) is 0. The fourth-order valence-corrected chi connectivity index (χ4v) is 4.90. The van der Waals surface area contributed by atoms with Crippen molar-refractivity contribution < 1.29 is 4.79 Å². The van der Waals surface area contributed by atoms with Gasteiger partial charge in [-0.3, -0.25) is 9.20 Å². The van der Waals surface area contributed by atoms with E-state index in [1.165, 1.54) is 0 Å². The van der Waals surface area contributed by atoms with E-state index < -0.39 is 0 Å². The molecule has 1 saturated heterocycles. The summed E-state index contributed by atoms with van der Waals surface area (Å²) < 4.78 is 1.89. The highest BCUT2D eigenvalue weighted by atomic mass is 16.2. The molecule has 0 aromatic carbocycles. The van der Waals surface area contributed by atoms with E-state index in [2.05, 4.69) is 42.1 Å². The summed E-state index contributed by atoms with van der Waals surface area (Å²) in [5.74, 6) is 1.57. The molecule has 1 aliphatic carbocycles. The molecule has 5 heterocycles. The highest BCUT2D eigenvalue weighted by Crippen LogP contribution is 2.41. The zero-order valence-electron chi connectivity index (χ0n) is 16.7. The summed E-state index contributed by atoms with van der Waals surface area (Å²) in [5, 5.41) is 4.38. The molecule has 9 nitrogen and oxygen atoms in total. The first-order chi connectivity index (χ1) is 14.6. The topological polar surface area (TPSA) is 104 Å². The number of amides is 1. The Morgan fingerprint density at radius 1 is 1.23 bits per heavy atom. The number of hydrogen-bond acceptors (Lipinski definition) is 6. The van der Waals surface area contributed by atoms with E-state index in [0.29, 0.717) is 18.1 Å². The van der Waals surface area contributed by atoms with Gasteiger partial charge in [0.15, 0.2) is 0 Å². The third kappa shape index (κ3) is 2.65. The fourth-order valence-electron chi connectivity index (χ4n) is 4.90. The Morgan fingerprint density at radius 3 is 2.97 bits per heavy atom. The zero-order valence-corrected chi connectivity index (χ0v) is 16.7. The number of fused-ring (bicyclic) bond motifs is 2. The van der Waals surface area contributed by atoms with Gasteiger partial charge in [-0.1, -0.05) is 0 Å². The van der Waals surface area contributed by atoms with Crippen LogP contribution in [0, 0.1) is 0 Å². The maximum Gasteiger partial charge on any atom is 0.233 e. The quantitative estimate of drug-likeness (QED) is 0.544. The van der Waals surface area contributed by atoms with Crippen LogP contribution in [0.15, 0.2) is 37.2 Å². The Morgan fingerprint density at radius 2 is 2.13 bits per heavy atom. The molecule has 2 aliphatic rings. The molecule has 152 valence electrons. The second-order valence-corrected chi connectivity index (χ2v) is 8.53. The standard InChI is InChI=1S/C21H22N8O/c1-21(29-5-2-3-17(29)30)7-14(8-21)26-19-24-11-16-15(10-23-18(16)27-19)13-9-25-20-22-4-6-28(20)12-13/h4,6,9-12,14H,2-3,5,7-8H2,1H3,(H2,23,24,26,27). The molecule has 2 fully saturated rings. The molecule has 4 aromatic heterocycles. The lowest BCUT2D eigenvalue weighted by Gasteiger charge is -2.51. The Kier molecular flexibility index (Phi) is 3.62. The molecule has 2 N–H and O–H groups in total. The highest BCUT2D eigenvalue weighted by molar-refractivity contribution is 5.93. The van der Waals surface area contributed by atoms with Gasteiger partial charge in [-0.15, -0.1) is 0 Å². The molecule has 0 radical (unpaired) electrons. The molecule has 30 heavy (non-hydrogen) atoms. The van der Waals surface area contributed by atoms with Crippen LogP contribution >= 0.6 is 0 Å². The van der Waals surface area contributed by atoms with Crippen LogP contribution in [-0.4, -0.2) is 58.3 Å². The van der Waals surface area contributed by atoms with Gasteiger partial charge in [0.2, 0.25) is 17.6 Å². The largest absolute Gasteiger partial charge is 0.351 e. The molecule has 1 saturated carbocycles. The van der Waals surface area contributed by atoms with E-state index >= 15 is 0 Å². The summed E-state index contributed by atoms with van der Waals surface area (Å²) in [6.45, 7) is 3.07. The van der Waals surface area contributed by atoms with Crippen molar-refractivity contribution in [2.45, 2.75) is 44.2 Å². The highest BCUT2D eigenvalue weighted by Gasteiger charge is 2.48. The summed E-state index contributed by atoms with van der Waals surface area (Å²) in [6, 6.07) is 0.281. The van der Waals surface area contributed by atoms with Crippen LogP contribution in [0.25, 0.3) is 27.9 Å². The number of anilines is 1. The van der Waals surface area contributed by atoms with Crippen molar-refractivity contribution >= 4 is 28.7 Å². The summed E-state index contributed by atoms with van der Waals surface area (Å²) in [4.78, 5) is 35.1. The monoisotopic (exact) mass is 402 g/mol. The lowest BCUT2D eigenvalue weighted by Crippen LogP contribution is -2.59. The maximum atomic E-state index is 12.1. The van der Waals surface area contributed by atoms with Gasteiger partial charge in [-0.05, 0) is 26.2 Å². The Labute approximate surface area is 172 Å². The number of aromatic nitrogens is 6. The number of carbonyl (C=O) groups is 1. The summed E-state index contributed by atoms with van der Waals surface area (Å²) in [6.07, 6.45) is 14.7. The fraction of sp³-hybridized carbons (Fsp3) is 0.381. The van der Waals surface area contributed by atoms with Gasteiger partial charge in [-0.25, -0.2) is 15.0 Å². The number of rotatable bonds is 4. The van der Waals surface area contributed by atoms with Gasteiger partial charge in [0.1, 0.15) is 5.65 Å². The first-order valence-corrected chi connectivity index (χ1v) is 10.3. The first-order valence-electron chi connectivity index (χ1n) is 10.3. The van der Waals surface area contributed by atoms with Crippen molar-refractivity contribution in [2.24, 2.45) is 0 Å². The van der Waals surface area contributed by atoms with Crippen LogP contribution in [0.5, 0.6) is 0 Å². The second kappa shape index (κ2) is 6.25. The maximum absolute atomic E-state index is 12.1. The van der Waals surface area contributed by atoms with Crippen LogP contribution in [-0.2, 0) is 4.79 Å². The van der Waals surface area contributed by atoms with Gasteiger partial charge in [0.05, 0.1) is 0 Å². The van der Waals surface area contributed by atoms with Gasteiger partial charge < -0.3 is 15.2 Å². The zero-order chi connectivity index (χ0) is 20.3. The van der Waals surface area contributed by atoms with Gasteiger partial charge in [-0.2, -0.15) is 4.98 Å². The van der Waals surface area contributed by atoms with Crippen molar-refractivity contribution in [3.63, 3.8) is 0 Å². The molecule has 0 unspecified atom stereocenters. The van der Waals surface area contributed by atoms with Crippen LogP contribution in [0.1, 0.15) is 32.6 Å². The lowest BCUT2D eigenvalue weighted by molar-refractivity contribution is -0.136. The predicted octanol–water partition coefficient (Wildman–Crippen LogP) is 2.62. The summed E-state index contributed by atoms with van der Waals surface area (Å²) in [5.41, 5.74) is 2.73. The molecule has 0 bridgehead atoms. The molecule has 0 atom stereocenters. The minimum atomic E-state index is -0.0338. The molecular weight excluding hydrogens is 380 g/mol. The SMILES string of the molecule is CC1(N2CCCC2=O)CC(Nc2ncc3c(-c4cnc5nccn5c4)c[nH]c3n2)C1. The third-order valence-electron chi connectivity index (χ3n) is 6.42. The number of aromatic amines is 1. The first kappa shape index (κ1) is 17.4. The van der Waals surface area contributed by atoms with E-state index in [1.54, 1.807) is 6.20 Å². The van der Waals surface area contributed by atoms with Gasteiger partial charge >= 0.3 is 0 Å². The van der Waals surface area contributed by atoms with E-state index in [9.17, 15) is 4.79 Å². The Hall–Kier alpha value is -3.49.